The van der Waals surface area contributed by atoms with Gasteiger partial charge in [-0.2, -0.15) is 0 Å². The van der Waals surface area contributed by atoms with Crippen LogP contribution in [-0.4, -0.2) is 38.8 Å². The fraction of sp³-hybridized carbons (Fsp3) is 0.409. The number of nitrogens with zero attached hydrogens (tertiary/aromatic N) is 1. The zero-order valence-corrected chi connectivity index (χ0v) is 18.8. The maximum Gasteiger partial charge on any atom is 0.251 e. The van der Waals surface area contributed by atoms with Gasteiger partial charge < -0.3 is 10.1 Å². The molecule has 0 saturated carbocycles. The van der Waals surface area contributed by atoms with Gasteiger partial charge in [-0.15, -0.1) is 0 Å². The summed E-state index contributed by atoms with van der Waals surface area (Å²) in [4.78, 5) is 12.8. The van der Waals surface area contributed by atoms with Gasteiger partial charge in [0.2, 0.25) is 10.0 Å². The number of benzene rings is 2. The standard InChI is InChI=1S/C22H30N2O4S/c1-15(2)28-14-19-9-7-8-18(11-19)13-23-22(25)20-10-16(3)17(4)21(12-20)29(26,27)24(5)6/h7-12,15H,13-14H2,1-6H3,(H,23,25). The molecule has 0 saturated heterocycles. The Bertz CT molecular complexity index is 982. The molecule has 0 radical (unpaired) electrons. The zero-order valence-electron chi connectivity index (χ0n) is 17.9. The zero-order chi connectivity index (χ0) is 21.8. The Labute approximate surface area is 173 Å². The van der Waals surface area contributed by atoms with Gasteiger partial charge in [0.05, 0.1) is 17.6 Å². The lowest BCUT2D eigenvalue weighted by Gasteiger charge is -2.16. The van der Waals surface area contributed by atoms with Gasteiger partial charge >= 0.3 is 0 Å². The van der Waals surface area contributed by atoms with Crippen molar-refractivity contribution in [3.8, 4) is 0 Å². The van der Waals surface area contributed by atoms with E-state index in [2.05, 4.69) is 5.32 Å². The van der Waals surface area contributed by atoms with Crippen molar-refractivity contribution < 1.29 is 17.9 Å². The molecule has 1 amide bonds. The molecule has 0 bridgehead atoms. The highest BCUT2D eigenvalue weighted by Crippen LogP contribution is 2.23. The summed E-state index contributed by atoms with van der Waals surface area (Å²) in [6, 6.07) is 11.0. The third-order valence-electron chi connectivity index (χ3n) is 4.67. The van der Waals surface area contributed by atoms with Gasteiger partial charge in [0.1, 0.15) is 0 Å². The molecule has 1 N–H and O–H groups in total. The monoisotopic (exact) mass is 418 g/mol. The highest BCUT2D eigenvalue weighted by Gasteiger charge is 2.22. The summed E-state index contributed by atoms with van der Waals surface area (Å²) in [6.07, 6.45) is 0.149. The molecule has 0 fully saturated rings. The minimum absolute atomic E-state index is 0.149. The van der Waals surface area contributed by atoms with Gasteiger partial charge in [-0.3, -0.25) is 4.79 Å². The molecule has 158 valence electrons. The quantitative estimate of drug-likeness (QED) is 0.713. The molecule has 2 aromatic rings. The van der Waals surface area contributed by atoms with Gasteiger partial charge in [-0.1, -0.05) is 24.3 Å². The third kappa shape index (κ3) is 5.88. The van der Waals surface area contributed by atoms with E-state index in [9.17, 15) is 13.2 Å². The van der Waals surface area contributed by atoms with Gasteiger partial charge in [0.25, 0.3) is 5.91 Å². The predicted molar refractivity (Wildman–Crippen MR) is 114 cm³/mol. The lowest BCUT2D eigenvalue weighted by Crippen LogP contribution is -2.26. The van der Waals surface area contributed by atoms with Crippen LogP contribution in [0.4, 0.5) is 0 Å². The highest BCUT2D eigenvalue weighted by atomic mass is 32.2. The molecular weight excluding hydrogens is 388 g/mol. The van der Waals surface area contributed by atoms with Crippen LogP contribution >= 0.6 is 0 Å². The fourth-order valence-electron chi connectivity index (χ4n) is 2.80. The molecule has 2 rings (SSSR count). The Morgan fingerprint density at radius 2 is 1.76 bits per heavy atom. The van der Waals surface area contributed by atoms with Gasteiger partial charge in [0.15, 0.2) is 0 Å². The van der Waals surface area contributed by atoms with E-state index in [-0.39, 0.29) is 16.9 Å². The van der Waals surface area contributed by atoms with E-state index in [0.29, 0.717) is 24.3 Å². The van der Waals surface area contributed by atoms with Gasteiger partial charge in [0, 0.05) is 26.2 Å². The summed E-state index contributed by atoms with van der Waals surface area (Å²) >= 11 is 0. The number of nitrogens with one attached hydrogen (secondary N) is 1. The summed E-state index contributed by atoms with van der Waals surface area (Å²) in [5, 5.41) is 2.87. The molecule has 29 heavy (non-hydrogen) atoms. The number of rotatable bonds is 8. The Kier molecular flexibility index (Phi) is 7.57. The number of amides is 1. The minimum Gasteiger partial charge on any atom is -0.374 e. The first-order chi connectivity index (χ1) is 13.5. The normalized spacial score (nSPS) is 11.9. The minimum atomic E-state index is -3.63. The molecule has 2 aromatic carbocycles. The number of hydrogen-bond donors (Lipinski definition) is 1. The molecule has 0 unspecified atom stereocenters. The van der Waals surface area contributed by atoms with E-state index in [1.807, 2.05) is 38.1 Å². The fourth-order valence-corrected chi connectivity index (χ4v) is 4.02. The SMILES string of the molecule is Cc1cc(C(=O)NCc2cccc(COC(C)C)c2)cc(S(=O)(=O)N(C)C)c1C. The number of sulfonamides is 1. The first kappa shape index (κ1) is 23.1. The second kappa shape index (κ2) is 9.52. The van der Waals surface area contributed by atoms with E-state index in [0.717, 1.165) is 21.0 Å². The highest BCUT2D eigenvalue weighted by molar-refractivity contribution is 7.89. The van der Waals surface area contributed by atoms with E-state index in [4.69, 9.17) is 4.74 Å². The Balaban J connectivity index is 2.18. The van der Waals surface area contributed by atoms with Crippen molar-refractivity contribution in [3.63, 3.8) is 0 Å². The predicted octanol–water partition coefficient (Wildman–Crippen LogP) is 3.41. The first-order valence-electron chi connectivity index (χ1n) is 9.53. The van der Waals surface area contributed by atoms with Crippen LogP contribution in [-0.2, 0) is 27.9 Å². The van der Waals surface area contributed by atoms with Crippen LogP contribution in [0.25, 0.3) is 0 Å². The summed E-state index contributed by atoms with van der Waals surface area (Å²) in [6.45, 7) is 8.38. The van der Waals surface area contributed by atoms with Crippen LogP contribution in [0.2, 0.25) is 0 Å². The van der Waals surface area contributed by atoms with Crippen LogP contribution in [0.15, 0.2) is 41.3 Å². The van der Waals surface area contributed by atoms with Crippen molar-refractivity contribution in [2.75, 3.05) is 14.1 Å². The third-order valence-corrected chi connectivity index (χ3v) is 6.61. The smallest absolute Gasteiger partial charge is 0.251 e. The van der Waals surface area contributed by atoms with Crippen LogP contribution in [0.5, 0.6) is 0 Å². The molecule has 0 spiro atoms. The van der Waals surface area contributed by atoms with E-state index in [1.54, 1.807) is 19.9 Å². The Hall–Kier alpha value is -2.22. The lowest BCUT2D eigenvalue weighted by molar-refractivity contribution is 0.0657. The van der Waals surface area contributed by atoms with E-state index >= 15 is 0 Å². The Morgan fingerprint density at radius 1 is 1.10 bits per heavy atom. The van der Waals surface area contributed by atoms with Crippen LogP contribution in [0.3, 0.4) is 0 Å². The molecule has 0 aromatic heterocycles. The average Bonchev–Trinajstić information content (AvgIpc) is 2.66. The van der Waals surface area contributed by atoms with Gasteiger partial charge in [-0.05, 0) is 62.1 Å². The maximum absolute atomic E-state index is 12.7. The first-order valence-corrected chi connectivity index (χ1v) is 11.0. The summed E-state index contributed by atoms with van der Waals surface area (Å²) in [7, 11) is -0.675. The molecule has 6 nitrogen and oxygen atoms in total. The van der Waals surface area contributed by atoms with Crippen molar-refractivity contribution in [2.24, 2.45) is 0 Å². The number of hydrogen-bond acceptors (Lipinski definition) is 4. The van der Waals surface area contributed by atoms with Crippen molar-refractivity contribution in [2.45, 2.75) is 51.8 Å². The summed E-state index contributed by atoms with van der Waals surface area (Å²) in [5.41, 5.74) is 3.72. The molecule has 0 aliphatic heterocycles. The molecule has 0 aliphatic rings. The van der Waals surface area contributed by atoms with E-state index in [1.165, 1.54) is 20.2 Å². The topological polar surface area (TPSA) is 75.7 Å². The van der Waals surface area contributed by atoms with Crippen LogP contribution < -0.4 is 5.32 Å². The van der Waals surface area contributed by atoms with Crippen molar-refractivity contribution in [1.29, 1.82) is 0 Å². The average molecular weight is 419 g/mol. The van der Waals surface area contributed by atoms with Crippen molar-refractivity contribution in [3.05, 3.63) is 64.2 Å². The number of carbonyl (C=O) groups excluding carboxylic acids is 1. The van der Waals surface area contributed by atoms with Crippen LogP contribution in [0.1, 0.15) is 46.5 Å². The summed E-state index contributed by atoms with van der Waals surface area (Å²) in [5.74, 6) is -0.313. The largest absolute Gasteiger partial charge is 0.374 e. The Morgan fingerprint density at radius 3 is 2.38 bits per heavy atom. The lowest BCUT2D eigenvalue weighted by atomic mass is 10.1. The molecular formula is C22H30N2O4S. The molecule has 0 heterocycles. The second-order valence-corrected chi connectivity index (χ2v) is 9.69. The van der Waals surface area contributed by atoms with Crippen molar-refractivity contribution >= 4 is 15.9 Å². The molecule has 0 aliphatic carbocycles. The number of ether oxygens (including phenoxy) is 1. The van der Waals surface area contributed by atoms with Crippen LogP contribution in [0, 0.1) is 13.8 Å². The van der Waals surface area contributed by atoms with E-state index < -0.39 is 10.0 Å². The molecule has 7 heteroatoms. The second-order valence-electron chi connectivity index (χ2n) is 7.57. The maximum atomic E-state index is 12.7. The summed E-state index contributed by atoms with van der Waals surface area (Å²) < 4.78 is 31.9. The molecule has 0 atom stereocenters. The number of carbonyl (C=O) groups is 1. The van der Waals surface area contributed by atoms with Gasteiger partial charge in [-0.25, -0.2) is 12.7 Å². The number of aryl methyl sites for hydroxylation is 1. The van der Waals surface area contributed by atoms with Crippen molar-refractivity contribution in [1.82, 2.24) is 9.62 Å².